The molecule has 0 aromatic heterocycles. The van der Waals surface area contributed by atoms with Crippen LogP contribution in [0.2, 0.25) is 0 Å². The Labute approximate surface area is 287 Å². The predicted molar refractivity (Wildman–Crippen MR) is 194 cm³/mol. The molecule has 0 saturated heterocycles. The number of methoxy groups -OCH3 is 2. The topological polar surface area (TPSA) is 57.2 Å². The summed E-state index contributed by atoms with van der Waals surface area (Å²) in [6, 6.07) is 39.4. The molecule has 5 heteroatoms. The second kappa shape index (κ2) is 11.7. The molecule has 0 fully saturated rings. The third-order valence-electron chi connectivity index (χ3n) is 9.94. The number of ether oxygens (including phenoxy) is 4. The summed E-state index contributed by atoms with van der Waals surface area (Å²) in [5, 5.41) is 13.2. The molecule has 244 valence electrons. The quantitative estimate of drug-likeness (QED) is 0.175. The molecule has 6 aromatic rings. The first-order valence-corrected chi connectivity index (χ1v) is 16.6. The van der Waals surface area contributed by atoms with Gasteiger partial charge in [-0.2, -0.15) is 0 Å². The first-order chi connectivity index (χ1) is 23.8. The fourth-order valence-electron chi connectivity index (χ4n) is 7.78. The van der Waals surface area contributed by atoms with Crippen LogP contribution in [0.1, 0.15) is 51.4 Å². The number of aliphatic hydroxyl groups excluding tert-OH is 1. The van der Waals surface area contributed by atoms with Gasteiger partial charge in [-0.15, -0.1) is 0 Å². The highest BCUT2D eigenvalue weighted by Crippen LogP contribution is 2.61. The van der Waals surface area contributed by atoms with E-state index in [0.717, 1.165) is 83.7 Å². The van der Waals surface area contributed by atoms with Crippen molar-refractivity contribution < 1.29 is 24.1 Å². The number of benzene rings is 6. The number of aryl methyl sites for hydroxylation is 2. The van der Waals surface area contributed by atoms with Crippen molar-refractivity contribution in [3.63, 3.8) is 0 Å². The molecule has 0 saturated carbocycles. The van der Waals surface area contributed by atoms with Gasteiger partial charge in [0.1, 0.15) is 22.8 Å². The van der Waals surface area contributed by atoms with Gasteiger partial charge in [0.15, 0.2) is 11.9 Å². The van der Waals surface area contributed by atoms with Gasteiger partial charge in [-0.05, 0) is 79.3 Å². The zero-order valence-electron chi connectivity index (χ0n) is 28.3. The molecule has 0 spiro atoms. The Morgan fingerprint density at radius 1 is 0.673 bits per heavy atom. The minimum atomic E-state index is -1.11. The molecule has 6 aromatic carbocycles. The Morgan fingerprint density at radius 3 is 1.90 bits per heavy atom. The molecular weight excluding hydrogens is 608 g/mol. The van der Waals surface area contributed by atoms with Crippen molar-refractivity contribution in [2.24, 2.45) is 0 Å². The third kappa shape index (κ3) is 4.68. The molecule has 2 atom stereocenters. The number of fused-ring (bicyclic) bond motifs is 8. The average Bonchev–Trinajstić information content (AvgIpc) is 3.41. The van der Waals surface area contributed by atoms with Crippen LogP contribution in [0.15, 0.2) is 121 Å². The van der Waals surface area contributed by atoms with Crippen LogP contribution in [0.3, 0.4) is 0 Å². The number of rotatable bonds is 7. The highest BCUT2D eigenvalue weighted by molar-refractivity contribution is 6.09. The first kappa shape index (κ1) is 30.9. The van der Waals surface area contributed by atoms with Gasteiger partial charge < -0.3 is 24.1 Å². The van der Waals surface area contributed by atoms with Gasteiger partial charge in [-0.1, -0.05) is 102 Å². The maximum absolute atomic E-state index is 11.1. The molecule has 0 radical (unpaired) electrons. The smallest absolute Gasteiger partial charge is 0.178 e. The second-order valence-corrected chi connectivity index (χ2v) is 13.0. The van der Waals surface area contributed by atoms with Gasteiger partial charge in [-0.25, -0.2) is 0 Å². The molecule has 5 nitrogen and oxygen atoms in total. The summed E-state index contributed by atoms with van der Waals surface area (Å²) in [5.74, 6) is 2.29. The molecule has 1 aliphatic heterocycles. The normalized spacial score (nSPS) is 17.5. The van der Waals surface area contributed by atoms with E-state index in [0.29, 0.717) is 0 Å². The Morgan fingerprint density at radius 2 is 1.29 bits per heavy atom. The zero-order chi connectivity index (χ0) is 33.9. The summed E-state index contributed by atoms with van der Waals surface area (Å²) in [7, 11) is 3.34. The minimum Gasteiger partial charge on any atom is -0.497 e. The number of hydrogen-bond acceptors (Lipinski definition) is 5. The van der Waals surface area contributed by atoms with E-state index in [9.17, 15) is 5.11 Å². The summed E-state index contributed by atoms with van der Waals surface area (Å²) in [4.78, 5) is 0. The molecule has 2 unspecified atom stereocenters. The summed E-state index contributed by atoms with van der Waals surface area (Å²) in [6.45, 7) is 5.89. The predicted octanol–water partition coefficient (Wildman–Crippen LogP) is 9.45. The van der Waals surface area contributed by atoms with Gasteiger partial charge in [0.05, 0.1) is 14.2 Å². The van der Waals surface area contributed by atoms with E-state index in [1.54, 1.807) is 21.1 Å². The van der Waals surface area contributed by atoms with E-state index in [2.05, 4.69) is 98.8 Å². The van der Waals surface area contributed by atoms with E-state index < -0.39 is 17.5 Å². The van der Waals surface area contributed by atoms with Crippen LogP contribution in [-0.4, -0.2) is 25.6 Å². The van der Waals surface area contributed by atoms with Crippen molar-refractivity contribution in [2.75, 3.05) is 14.2 Å². The lowest BCUT2D eigenvalue weighted by molar-refractivity contribution is -0.146. The van der Waals surface area contributed by atoms with Crippen molar-refractivity contribution >= 4 is 16.8 Å². The van der Waals surface area contributed by atoms with Gasteiger partial charge in [0.25, 0.3) is 0 Å². The van der Waals surface area contributed by atoms with Gasteiger partial charge in [-0.3, -0.25) is 0 Å². The minimum absolute atomic E-state index is 0.755. The maximum atomic E-state index is 11.1. The molecule has 0 amide bonds. The van der Waals surface area contributed by atoms with Crippen molar-refractivity contribution in [1.82, 2.24) is 0 Å². The Kier molecular flexibility index (Phi) is 7.36. The van der Waals surface area contributed by atoms with Crippen LogP contribution >= 0.6 is 0 Å². The fraction of sp³-hybridized carbons (Fsp3) is 0.182. The highest BCUT2D eigenvalue weighted by Gasteiger charge is 2.51. The molecule has 2 aliphatic rings. The van der Waals surface area contributed by atoms with Crippen LogP contribution in [0.25, 0.3) is 28.0 Å². The molecule has 0 bridgehead atoms. The average molecular weight is 647 g/mol. The lowest BCUT2D eigenvalue weighted by atomic mass is 9.77. The summed E-state index contributed by atoms with van der Waals surface area (Å²) in [5.41, 5.74) is 8.05. The fourth-order valence-corrected chi connectivity index (χ4v) is 7.78. The monoisotopic (exact) mass is 646 g/mol. The van der Waals surface area contributed by atoms with Crippen molar-refractivity contribution in [3.05, 3.63) is 166 Å². The first-order valence-electron chi connectivity index (χ1n) is 16.6. The van der Waals surface area contributed by atoms with Gasteiger partial charge in [0.2, 0.25) is 0 Å². The third-order valence-corrected chi connectivity index (χ3v) is 9.94. The van der Waals surface area contributed by atoms with Crippen molar-refractivity contribution in [2.45, 2.75) is 38.3 Å². The van der Waals surface area contributed by atoms with Crippen LogP contribution < -0.4 is 14.2 Å². The molecule has 1 aliphatic carbocycles. The highest BCUT2D eigenvalue weighted by atomic mass is 16.6. The van der Waals surface area contributed by atoms with Gasteiger partial charge in [0, 0.05) is 33.2 Å². The molecule has 49 heavy (non-hydrogen) atoms. The van der Waals surface area contributed by atoms with Crippen LogP contribution in [0.5, 0.6) is 17.2 Å². The SMILES string of the molecule is COc1ccc(C2(c3ccc(OC)cc3)C=Cc3c4c(c5ccc(C)cc5c3O2)-c2ccc(C)cc2C4(OC(C)O)c2ccccc2)cc1. The zero-order valence-corrected chi connectivity index (χ0v) is 28.3. The van der Waals surface area contributed by atoms with Crippen LogP contribution in [0.4, 0.5) is 0 Å². The van der Waals surface area contributed by atoms with Crippen LogP contribution in [0, 0.1) is 13.8 Å². The molecular formula is C44H38O5. The Hall–Kier alpha value is -5.36. The molecule has 1 N–H and O–H groups in total. The van der Waals surface area contributed by atoms with E-state index in [1.807, 2.05) is 42.5 Å². The number of hydrogen-bond donors (Lipinski definition) is 1. The standard InChI is InChI=1S/C44H38O5/c1-27-11-21-35-38(25-27)42-37(23-24-43(49-42,30-13-17-33(46-4)18-14-30)31-15-19-34(47-5)20-16-31)41-40(35)36-22-12-28(2)26-39(36)44(41,48-29(3)45)32-9-7-6-8-10-32/h6-26,29,45H,1-5H3. The Bertz CT molecular complexity index is 2190. The van der Waals surface area contributed by atoms with Gasteiger partial charge >= 0.3 is 0 Å². The lowest BCUT2D eigenvalue weighted by Gasteiger charge is -2.40. The summed E-state index contributed by atoms with van der Waals surface area (Å²) < 4.78 is 25.4. The Balaban J connectivity index is 1.50. The van der Waals surface area contributed by atoms with E-state index in [1.165, 1.54) is 0 Å². The van der Waals surface area contributed by atoms with Crippen molar-refractivity contribution in [1.29, 1.82) is 0 Å². The maximum Gasteiger partial charge on any atom is 0.178 e. The number of aliphatic hydroxyl groups is 1. The lowest BCUT2D eigenvalue weighted by Crippen LogP contribution is -2.37. The summed E-state index contributed by atoms with van der Waals surface area (Å²) >= 11 is 0. The second-order valence-electron chi connectivity index (χ2n) is 13.0. The largest absolute Gasteiger partial charge is 0.497 e. The molecule has 1 heterocycles. The van der Waals surface area contributed by atoms with E-state index in [-0.39, 0.29) is 0 Å². The van der Waals surface area contributed by atoms with Crippen LogP contribution in [-0.2, 0) is 15.9 Å². The van der Waals surface area contributed by atoms with E-state index >= 15 is 0 Å². The van der Waals surface area contributed by atoms with Crippen molar-refractivity contribution in [3.8, 4) is 28.4 Å². The molecule has 8 rings (SSSR count). The van der Waals surface area contributed by atoms with E-state index in [4.69, 9.17) is 18.9 Å². The summed E-state index contributed by atoms with van der Waals surface area (Å²) in [6.07, 6.45) is 3.28.